The van der Waals surface area contributed by atoms with Crippen LogP contribution in [0.5, 0.6) is 5.75 Å². The molecule has 1 rings (SSSR count). The number of nitrogens with two attached hydrogens (primary N) is 1. The number of nitrogens with one attached hydrogen (secondary N) is 1. The first-order valence-corrected chi connectivity index (χ1v) is 6.60. The Morgan fingerprint density at radius 3 is 2.61 bits per heavy atom. The quantitative estimate of drug-likeness (QED) is 0.459. The number of phenolic OH excluding ortho intramolecular Hbond substituents is 1. The van der Waals surface area contributed by atoms with Crippen LogP contribution in [-0.4, -0.2) is 31.1 Å². The number of sulfonamides is 1. The van der Waals surface area contributed by atoms with Gasteiger partial charge in [-0.25, -0.2) is 13.1 Å². The molecule has 0 fully saturated rings. The van der Waals surface area contributed by atoms with E-state index in [2.05, 4.69) is 0 Å². The maximum Gasteiger partial charge on any atom is 0.304 e. The van der Waals surface area contributed by atoms with E-state index in [0.29, 0.717) is 0 Å². The van der Waals surface area contributed by atoms with Crippen LogP contribution in [0.15, 0.2) is 17.0 Å². The van der Waals surface area contributed by atoms with Crippen molar-refractivity contribution >= 4 is 33.3 Å². The van der Waals surface area contributed by atoms with Crippen LogP contribution in [0, 0.1) is 0 Å². The van der Waals surface area contributed by atoms with Crippen molar-refractivity contribution in [2.24, 2.45) is 0 Å². The number of carbonyl (C=O) groups is 1. The van der Waals surface area contributed by atoms with Gasteiger partial charge in [-0.2, -0.15) is 0 Å². The van der Waals surface area contributed by atoms with Crippen molar-refractivity contribution < 1.29 is 23.4 Å². The van der Waals surface area contributed by atoms with Crippen LogP contribution in [0.3, 0.4) is 0 Å². The topological polar surface area (TPSA) is 130 Å². The standard InChI is InChI=1S/C9H11ClN2O5S/c10-5-1-2-6(11)8(15)9(5)18(16,17)12-4-3-7(13)14/h1-2,12,15H,3-4,11H2,(H,13,14). The average Bonchev–Trinajstić information content (AvgIpc) is 2.23. The van der Waals surface area contributed by atoms with Crippen molar-refractivity contribution in [1.82, 2.24) is 4.72 Å². The predicted octanol–water partition coefficient (Wildman–Crippen LogP) is 0.381. The summed E-state index contributed by atoms with van der Waals surface area (Å²) in [5.41, 5.74) is 5.23. The number of carboxylic acid groups (broad SMARTS) is 1. The van der Waals surface area contributed by atoms with Crippen molar-refractivity contribution in [3.05, 3.63) is 17.2 Å². The number of halogens is 1. The normalized spacial score (nSPS) is 11.4. The van der Waals surface area contributed by atoms with Gasteiger partial charge in [0.05, 0.1) is 17.1 Å². The molecule has 0 bridgehead atoms. The minimum atomic E-state index is -4.12. The summed E-state index contributed by atoms with van der Waals surface area (Å²) in [4.78, 5) is 9.72. The molecule has 1 aromatic carbocycles. The molecule has 5 N–H and O–H groups in total. The number of hydrogen-bond acceptors (Lipinski definition) is 5. The molecular formula is C9H11ClN2O5S. The fourth-order valence-electron chi connectivity index (χ4n) is 1.18. The van der Waals surface area contributed by atoms with Crippen molar-refractivity contribution in [1.29, 1.82) is 0 Å². The molecule has 0 spiro atoms. The number of phenols is 1. The van der Waals surface area contributed by atoms with E-state index in [9.17, 15) is 18.3 Å². The molecule has 18 heavy (non-hydrogen) atoms. The molecular weight excluding hydrogens is 284 g/mol. The summed E-state index contributed by atoms with van der Waals surface area (Å²) in [6, 6.07) is 2.48. The number of nitrogen functional groups attached to an aromatic ring is 1. The van der Waals surface area contributed by atoms with E-state index >= 15 is 0 Å². The van der Waals surface area contributed by atoms with Gasteiger partial charge >= 0.3 is 5.97 Å². The molecule has 7 nitrogen and oxygen atoms in total. The zero-order valence-corrected chi connectivity index (χ0v) is 10.6. The molecule has 9 heteroatoms. The Bertz CT molecular complexity index is 573. The summed E-state index contributed by atoms with van der Waals surface area (Å²) in [6.07, 6.45) is -0.389. The monoisotopic (exact) mass is 294 g/mol. The van der Waals surface area contributed by atoms with Crippen LogP contribution in [-0.2, 0) is 14.8 Å². The van der Waals surface area contributed by atoms with Crippen molar-refractivity contribution in [2.45, 2.75) is 11.3 Å². The first kappa shape index (κ1) is 14.6. The van der Waals surface area contributed by atoms with Crippen molar-refractivity contribution in [2.75, 3.05) is 12.3 Å². The van der Waals surface area contributed by atoms with E-state index in [1.807, 2.05) is 4.72 Å². The number of aliphatic carboxylic acids is 1. The highest BCUT2D eigenvalue weighted by Crippen LogP contribution is 2.34. The Balaban J connectivity index is 3.05. The number of rotatable bonds is 5. The van der Waals surface area contributed by atoms with Crippen LogP contribution in [0.1, 0.15) is 6.42 Å². The zero-order valence-electron chi connectivity index (χ0n) is 9.05. The van der Waals surface area contributed by atoms with Crippen LogP contribution in [0.4, 0.5) is 5.69 Å². The minimum Gasteiger partial charge on any atom is -0.504 e. The van der Waals surface area contributed by atoms with Gasteiger partial charge in [0, 0.05) is 6.54 Å². The van der Waals surface area contributed by atoms with E-state index in [1.165, 1.54) is 12.1 Å². The van der Waals surface area contributed by atoms with E-state index in [4.69, 9.17) is 22.4 Å². The lowest BCUT2D eigenvalue weighted by Crippen LogP contribution is -2.26. The number of anilines is 1. The lowest BCUT2D eigenvalue weighted by Gasteiger charge is -2.10. The zero-order chi connectivity index (χ0) is 13.9. The number of aromatic hydroxyl groups is 1. The van der Waals surface area contributed by atoms with Gasteiger partial charge in [-0.1, -0.05) is 11.6 Å². The highest BCUT2D eigenvalue weighted by molar-refractivity contribution is 7.89. The summed E-state index contributed by atoms with van der Waals surface area (Å²) in [5, 5.41) is 17.8. The number of hydrogen-bond donors (Lipinski definition) is 4. The van der Waals surface area contributed by atoms with Gasteiger partial charge in [0.15, 0.2) is 5.75 Å². The SMILES string of the molecule is Nc1ccc(Cl)c(S(=O)(=O)NCCC(=O)O)c1O. The van der Waals surface area contributed by atoms with E-state index < -0.39 is 26.6 Å². The largest absolute Gasteiger partial charge is 0.504 e. The molecule has 1 aromatic rings. The first-order valence-electron chi connectivity index (χ1n) is 4.74. The number of carboxylic acids is 1. The lowest BCUT2D eigenvalue weighted by molar-refractivity contribution is -0.136. The smallest absolute Gasteiger partial charge is 0.304 e. The molecule has 0 aliphatic rings. The average molecular weight is 295 g/mol. The van der Waals surface area contributed by atoms with Gasteiger partial charge in [0.1, 0.15) is 4.90 Å². The van der Waals surface area contributed by atoms with Crippen molar-refractivity contribution in [3.63, 3.8) is 0 Å². The second kappa shape index (κ2) is 5.42. The third-order valence-electron chi connectivity index (χ3n) is 2.01. The molecule has 100 valence electrons. The first-order chi connectivity index (χ1) is 8.25. The summed E-state index contributed by atoms with van der Waals surface area (Å²) in [7, 11) is -4.12. The van der Waals surface area contributed by atoms with E-state index in [1.54, 1.807) is 0 Å². The van der Waals surface area contributed by atoms with Crippen LogP contribution in [0.2, 0.25) is 5.02 Å². The van der Waals surface area contributed by atoms with Gasteiger partial charge in [0.2, 0.25) is 10.0 Å². The Kier molecular flexibility index (Phi) is 4.38. The Hall–Kier alpha value is -1.51. The summed E-state index contributed by atoms with van der Waals surface area (Å²) < 4.78 is 25.6. The van der Waals surface area contributed by atoms with E-state index in [0.717, 1.165) is 0 Å². The Morgan fingerprint density at radius 1 is 1.44 bits per heavy atom. The van der Waals surface area contributed by atoms with Crippen molar-refractivity contribution in [3.8, 4) is 5.75 Å². The second-order valence-corrected chi connectivity index (χ2v) is 5.47. The molecule has 0 aromatic heterocycles. The summed E-state index contributed by atoms with van der Waals surface area (Å²) in [6.45, 7) is -0.317. The lowest BCUT2D eigenvalue weighted by atomic mass is 10.3. The van der Waals surface area contributed by atoms with Gasteiger partial charge in [-0.15, -0.1) is 0 Å². The highest BCUT2D eigenvalue weighted by atomic mass is 35.5. The molecule has 0 heterocycles. The predicted molar refractivity (Wildman–Crippen MR) is 65.0 cm³/mol. The molecule has 0 saturated heterocycles. The summed E-state index contributed by atoms with van der Waals surface area (Å²) >= 11 is 5.68. The maximum atomic E-state index is 11.8. The van der Waals surface area contributed by atoms with Crippen LogP contribution < -0.4 is 10.5 Å². The van der Waals surface area contributed by atoms with Gasteiger partial charge in [-0.3, -0.25) is 4.79 Å². The molecule has 0 aliphatic carbocycles. The maximum absolute atomic E-state index is 11.8. The van der Waals surface area contributed by atoms with Gasteiger partial charge in [0.25, 0.3) is 0 Å². The van der Waals surface area contributed by atoms with Crippen LogP contribution >= 0.6 is 11.6 Å². The summed E-state index contributed by atoms with van der Waals surface area (Å²) in [5.74, 6) is -1.81. The van der Waals surface area contributed by atoms with Crippen LogP contribution in [0.25, 0.3) is 0 Å². The molecule has 0 saturated carbocycles. The Morgan fingerprint density at radius 2 is 2.06 bits per heavy atom. The molecule has 0 atom stereocenters. The second-order valence-electron chi connectivity index (χ2n) is 3.36. The van der Waals surface area contributed by atoms with Gasteiger partial charge in [-0.05, 0) is 12.1 Å². The van der Waals surface area contributed by atoms with E-state index in [-0.39, 0.29) is 23.7 Å². The minimum absolute atomic E-state index is 0.141. The Labute approximate surface area is 108 Å². The third kappa shape index (κ3) is 3.25. The molecule has 0 amide bonds. The highest BCUT2D eigenvalue weighted by Gasteiger charge is 2.23. The molecule has 0 aliphatic heterocycles. The third-order valence-corrected chi connectivity index (χ3v) is 3.98. The molecule has 0 radical (unpaired) electrons. The number of benzene rings is 1. The molecule has 0 unspecified atom stereocenters. The van der Waals surface area contributed by atoms with Gasteiger partial charge < -0.3 is 15.9 Å². The fourth-order valence-corrected chi connectivity index (χ4v) is 2.85. The fraction of sp³-hybridized carbons (Fsp3) is 0.222.